The predicted molar refractivity (Wildman–Crippen MR) is 87.0 cm³/mol. The van der Waals surface area contributed by atoms with Crippen molar-refractivity contribution in [3.8, 4) is 0 Å². The molecule has 2 heterocycles. The number of benzene rings is 1. The second-order valence-electron chi connectivity index (χ2n) is 5.94. The third-order valence-electron chi connectivity index (χ3n) is 4.03. The van der Waals surface area contributed by atoms with Crippen molar-refractivity contribution in [2.24, 2.45) is 0 Å². The number of oxazole rings is 1. The number of nitrogens with one attached hydrogen (secondary N) is 1. The van der Waals surface area contributed by atoms with Crippen molar-refractivity contribution in [3.63, 3.8) is 0 Å². The monoisotopic (exact) mass is 315 g/mol. The van der Waals surface area contributed by atoms with Crippen molar-refractivity contribution in [3.05, 3.63) is 24.1 Å². The lowest BCUT2D eigenvalue weighted by molar-refractivity contribution is -0.135. The molecule has 0 bridgehead atoms. The van der Waals surface area contributed by atoms with Gasteiger partial charge in [-0.05, 0) is 31.0 Å². The third kappa shape index (κ3) is 3.88. The highest BCUT2D eigenvalue weighted by atomic mass is 16.3. The summed E-state index contributed by atoms with van der Waals surface area (Å²) >= 11 is 0. The molecule has 2 amide bonds. The number of hydrogen-bond donors (Lipinski definition) is 1. The molecule has 2 aromatic rings. The molecule has 0 spiro atoms. The van der Waals surface area contributed by atoms with E-state index < -0.39 is 0 Å². The van der Waals surface area contributed by atoms with Crippen LogP contribution < -0.4 is 5.32 Å². The fourth-order valence-corrected chi connectivity index (χ4v) is 2.88. The highest BCUT2D eigenvalue weighted by Gasteiger charge is 2.18. The Balaban J connectivity index is 1.63. The van der Waals surface area contributed by atoms with Crippen molar-refractivity contribution in [2.45, 2.75) is 39.0 Å². The standard InChI is InChI=1S/C17H21N3O3/c1-12-18-14-10-13(7-8-15(14)23-12)19-16(21)11-20-9-5-3-2-4-6-17(20)22/h7-8,10H,2-6,9,11H2,1H3,(H,19,21). The van der Waals surface area contributed by atoms with Crippen molar-refractivity contribution in [2.75, 3.05) is 18.4 Å². The molecule has 23 heavy (non-hydrogen) atoms. The Kier molecular flexibility index (Phi) is 4.60. The molecule has 1 aliphatic heterocycles. The van der Waals surface area contributed by atoms with Gasteiger partial charge in [0.25, 0.3) is 0 Å². The van der Waals surface area contributed by atoms with Crippen LogP contribution in [-0.4, -0.2) is 34.8 Å². The van der Waals surface area contributed by atoms with Gasteiger partial charge in [-0.1, -0.05) is 12.8 Å². The first-order chi connectivity index (χ1) is 11.1. The SMILES string of the molecule is Cc1nc2cc(NC(=O)CN3CCCCCCC3=O)ccc2o1. The van der Waals surface area contributed by atoms with Gasteiger partial charge in [0.1, 0.15) is 5.52 Å². The fourth-order valence-electron chi connectivity index (χ4n) is 2.88. The number of amides is 2. The zero-order chi connectivity index (χ0) is 16.2. The van der Waals surface area contributed by atoms with Crippen LogP contribution in [0.25, 0.3) is 11.1 Å². The molecule has 3 rings (SSSR count). The first kappa shape index (κ1) is 15.5. The minimum absolute atomic E-state index is 0.0717. The van der Waals surface area contributed by atoms with E-state index in [9.17, 15) is 9.59 Å². The Hall–Kier alpha value is -2.37. The van der Waals surface area contributed by atoms with E-state index in [0.29, 0.717) is 35.6 Å². The average Bonchev–Trinajstić information content (AvgIpc) is 2.86. The number of hydrogen-bond acceptors (Lipinski definition) is 4. The van der Waals surface area contributed by atoms with Gasteiger partial charge in [0.15, 0.2) is 11.5 Å². The van der Waals surface area contributed by atoms with Crippen LogP contribution in [0.2, 0.25) is 0 Å². The summed E-state index contributed by atoms with van der Waals surface area (Å²) in [6.07, 6.45) is 4.64. The Morgan fingerprint density at radius 2 is 2.13 bits per heavy atom. The van der Waals surface area contributed by atoms with E-state index in [1.165, 1.54) is 0 Å². The summed E-state index contributed by atoms with van der Waals surface area (Å²) in [5.41, 5.74) is 2.07. The summed E-state index contributed by atoms with van der Waals surface area (Å²) in [6.45, 7) is 2.55. The number of aromatic nitrogens is 1. The summed E-state index contributed by atoms with van der Waals surface area (Å²) in [5.74, 6) is 0.482. The molecule has 1 aromatic heterocycles. The number of nitrogens with zero attached hydrogens (tertiary/aromatic N) is 2. The Bertz CT molecular complexity index is 723. The van der Waals surface area contributed by atoms with E-state index in [4.69, 9.17) is 4.42 Å². The zero-order valence-corrected chi connectivity index (χ0v) is 13.3. The highest BCUT2D eigenvalue weighted by molar-refractivity contribution is 5.95. The Morgan fingerprint density at radius 1 is 1.30 bits per heavy atom. The molecule has 1 fully saturated rings. The second kappa shape index (κ2) is 6.81. The third-order valence-corrected chi connectivity index (χ3v) is 4.03. The van der Waals surface area contributed by atoms with Crippen LogP contribution in [-0.2, 0) is 9.59 Å². The van der Waals surface area contributed by atoms with Crippen LogP contribution in [0.5, 0.6) is 0 Å². The molecule has 1 N–H and O–H groups in total. The number of carbonyl (C=O) groups is 2. The van der Waals surface area contributed by atoms with Gasteiger partial charge < -0.3 is 14.6 Å². The summed E-state index contributed by atoms with van der Waals surface area (Å²) < 4.78 is 5.41. The summed E-state index contributed by atoms with van der Waals surface area (Å²) in [7, 11) is 0. The lowest BCUT2D eigenvalue weighted by Gasteiger charge is -2.24. The lowest BCUT2D eigenvalue weighted by Crippen LogP contribution is -2.39. The van der Waals surface area contributed by atoms with Crippen LogP contribution in [0, 0.1) is 6.92 Å². The number of aryl methyl sites for hydroxylation is 1. The van der Waals surface area contributed by atoms with E-state index in [1.807, 2.05) is 0 Å². The summed E-state index contributed by atoms with van der Waals surface area (Å²) in [6, 6.07) is 5.34. The first-order valence-corrected chi connectivity index (χ1v) is 8.06. The summed E-state index contributed by atoms with van der Waals surface area (Å²) in [4.78, 5) is 30.2. The topological polar surface area (TPSA) is 75.4 Å². The molecule has 6 nitrogen and oxygen atoms in total. The molecule has 0 saturated carbocycles. The average molecular weight is 315 g/mol. The maximum atomic E-state index is 12.2. The largest absolute Gasteiger partial charge is 0.441 e. The van der Waals surface area contributed by atoms with E-state index in [2.05, 4.69) is 10.3 Å². The van der Waals surface area contributed by atoms with Crippen LogP contribution >= 0.6 is 0 Å². The first-order valence-electron chi connectivity index (χ1n) is 8.06. The zero-order valence-electron chi connectivity index (χ0n) is 13.3. The second-order valence-corrected chi connectivity index (χ2v) is 5.94. The van der Waals surface area contributed by atoms with E-state index >= 15 is 0 Å². The molecule has 0 atom stereocenters. The Morgan fingerprint density at radius 3 is 3.00 bits per heavy atom. The number of rotatable bonds is 3. The molecule has 0 radical (unpaired) electrons. The predicted octanol–water partition coefficient (Wildman–Crippen LogP) is 2.87. The van der Waals surface area contributed by atoms with Crippen molar-refractivity contribution in [1.29, 1.82) is 0 Å². The van der Waals surface area contributed by atoms with Crippen LogP contribution in [0.1, 0.15) is 38.0 Å². The Labute approximate surface area is 134 Å². The molecule has 0 unspecified atom stereocenters. The number of anilines is 1. The minimum atomic E-state index is -0.182. The minimum Gasteiger partial charge on any atom is -0.441 e. The molecule has 1 aromatic carbocycles. The molecular weight excluding hydrogens is 294 g/mol. The van der Waals surface area contributed by atoms with Crippen molar-refractivity contribution >= 4 is 28.6 Å². The molecule has 1 aliphatic rings. The van der Waals surface area contributed by atoms with Gasteiger partial charge in [0.05, 0.1) is 6.54 Å². The quantitative estimate of drug-likeness (QED) is 0.945. The van der Waals surface area contributed by atoms with E-state index in [1.54, 1.807) is 30.0 Å². The number of likely N-dealkylation sites (tertiary alicyclic amines) is 1. The van der Waals surface area contributed by atoms with E-state index in [-0.39, 0.29) is 18.4 Å². The van der Waals surface area contributed by atoms with E-state index in [0.717, 1.165) is 25.7 Å². The maximum absolute atomic E-state index is 12.2. The molecule has 0 aliphatic carbocycles. The van der Waals surface area contributed by atoms with Crippen LogP contribution in [0.4, 0.5) is 5.69 Å². The van der Waals surface area contributed by atoms with Crippen LogP contribution in [0.3, 0.4) is 0 Å². The number of fused-ring (bicyclic) bond motifs is 1. The van der Waals surface area contributed by atoms with Gasteiger partial charge in [0, 0.05) is 25.6 Å². The van der Waals surface area contributed by atoms with Gasteiger partial charge in [-0.3, -0.25) is 9.59 Å². The fraction of sp³-hybridized carbons (Fsp3) is 0.471. The van der Waals surface area contributed by atoms with Gasteiger partial charge >= 0.3 is 0 Å². The van der Waals surface area contributed by atoms with Gasteiger partial charge in [-0.25, -0.2) is 4.98 Å². The van der Waals surface area contributed by atoms with Gasteiger partial charge in [-0.15, -0.1) is 0 Å². The molecule has 122 valence electrons. The smallest absolute Gasteiger partial charge is 0.243 e. The van der Waals surface area contributed by atoms with Gasteiger partial charge in [0.2, 0.25) is 11.8 Å². The molecule has 6 heteroatoms. The lowest BCUT2D eigenvalue weighted by atomic mass is 10.1. The molecule has 1 saturated heterocycles. The van der Waals surface area contributed by atoms with Crippen molar-refractivity contribution < 1.29 is 14.0 Å². The van der Waals surface area contributed by atoms with Gasteiger partial charge in [-0.2, -0.15) is 0 Å². The van der Waals surface area contributed by atoms with Crippen LogP contribution in [0.15, 0.2) is 22.6 Å². The normalized spacial score (nSPS) is 16.2. The maximum Gasteiger partial charge on any atom is 0.243 e. The molecular formula is C17H21N3O3. The summed E-state index contributed by atoms with van der Waals surface area (Å²) in [5, 5.41) is 2.83. The number of carbonyl (C=O) groups excluding carboxylic acids is 2. The van der Waals surface area contributed by atoms with Crippen molar-refractivity contribution in [1.82, 2.24) is 9.88 Å². The highest BCUT2D eigenvalue weighted by Crippen LogP contribution is 2.20.